The van der Waals surface area contributed by atoms with Crippen LogP contribution in [0, 0.1) is 0 Å². The Balaban J connectivity index is 2.09. The molecule has 2 heterocycles. The highest BCUT2D eigenvalue weighted by Crippen LogP contribution is 2.20. The van der Waals surface area contributed by atoms with E-state index in [1.165, 1.54) is 0 Å². The van der Waals surface area contributed by atoms with E-state index in [0.29, 0.717) is 12.1 Å². The third kappa shape index (κ3) is 0.645. The lowest BCUT2D eigenvalue weighted by atomic mass is 10.2. The maximum absolute atomic E-state index is 10.2. The third-order valence-electron chi connectivity index (χ3n) is 2.17. The Labute approximate surface area is 54.0 Å². The van der Waals surface area contributed by atoms with Crippen molar-refractivity contribution in [1.82, 2.24) is 10.2 Å². The topological polar surface area (TPSA) is 32.3 Å². The Bertz CT molecular complexity index is 137. The van der Waals surface area contributed by atoms with Crippen LogP contribution < -0.4 is 5.32 Å². The van der Waals surface area contributed by atoms with Crippen molar-refractivity contribution >= 4 is 6.41 Å². The van der Waals surface area contributed by atoms with Crippen molar-refractivity contribution in [2.24, 2.45) is 0 Å². The van der Waals surface area contributed by atoms with Crippen molar-refractivity contribution in [3.05, 3.63) is 0 Å². The molecule has 2 unspecified atom stereocenters. The van der Waals surface area contributed by atoms with Gasteiger partial charge in [0.25, 0.3) is 0 Å². The Kier molecular flexibility index (Phi) is 0.990. The first-order valence-electron chi connectivity index (χ1n) is 3.28. The smallest absolute Gasteiger partial charge is 0.312 e. The highest BCUT2D eigenvalue weighted by atomic mass is 16.1. The van der Waals surface area contributed by atoms with Gasteiger partial charge in [0.05, 0.1) is 0 Å². The van der Waals surface area contributed by atoms with E-state index in [9.17, 15) is 4.79 Å². The second kappa shape index (κ2) is 1.70. The van der Waals surface area contributed by atoms with Crippen LogP contribution in [0.15, 0.2) is 0 Å². The van der Waals surface area contributed by atoms with Gasteiger partial charge >= 0.3 is 6.41 Å². The molecule has 2 saturated heterocycles. The lowest BCUT2D eigenvalue weighted by molar-refractivity contribution is 0.322. The summed E-state index contributed by atoms with van der Waals surface area (Å²) in [5, 5.41) is 3.30. The Hall–Kier alpha value is -0.570. The van der Waals surface area contributed by atoms with Gasteiger partial charge in [-0.15, -0.1) is 0 Å². The van der Waals surface area contributed by atoms with Crippen molar-refractivity contribution in [3.8, 4) is 0 Å². The molecule has 3 heteroatoms. The molecule has 1 N–H and O–H groups in total. The molecule has 2 bridgehead atoms. The van der Waals surface area contributed by atoms with Gasteiger partial charge in [-0.3, -0.25) is 4.79 Å². The van der Waals surface area contributed by atoms with Gasteiger partial charge in [0.2, 0.25) is 0 Å². The van der Waals surface area contributed by atoms with Crippen molar-refractivity contribution in [1.29, 1.82) is 0 Å². The lowest BCUT2D eigenvalue weighted by Gasteiger charge is -2.21. The number of carbonyl (C=O) groups excluding carboxylic acids is 1. The highest BCUT2D eigenvalue weighted by molar-refractivity contribution is 5.50. The van der Waals surface area contributed by atoms with Crippen molar-refractivity contribution in [2.75, 3.05) is 13.1 Å². The number of amides is 1. The Morgan fingerprint density at radius 3 is 2.89 bits per heavy atom. The Morgan fingerprint density at radius 1 is 1.67 bits per heavy atom. The zero-order valence-corrected chi connectivity index (χ0v) is 5.13. The van der Waals surface area contributed by atoms with Crippen LogP contribution in [0.25, 0.3) is 0 Å². The molecule has 2 rings (SSSR count). The fourth-order valence-electron chi connectivity index (χ4n) is 1.67. The van der Waals surface area contributed by atoms with E-state index in [2.05, 4.69) is 5.32 Å². The summed E-state index contributed by atoms with van der Waals surface area (Å²) in [5.41, 5.74) is 0. The maximum Gasteiger partial charge on any atom is 0.312 e. The number of nitrogens with zero attached hydrogens (tertiary/aromatic N) is 1. The molecular weight excluding hydrogens is 116 g/mol. The van der Waals surface area contributed by atoms with Crippen LogP contribution >= 0.6 is 0 Å². The van der Waals surface area contributed by atoms with Gasteiger partial charge in [-0.1, -0.05) is 0 Å². The van der Waals surface area contributed by atoms with Gasteiger partial charge in [0, 0.05) is 25.2 Å². The minimum absolute atomic E-state index is 0.451. The van der Waals surface area contributed by atoms with Gasteiger partial charge in [0.15, 0.2) is 0 Å². The molecule has 0 aromatic rings. The standard InChI is InChI=1S/C6H9N2O/c9-4-8-3-5-1-6(8)2-7-5/h5-7H,1-3H2. The number of fused-ring (bicyclic) bond motifs is 2. The molecule has 2 fully saturated rings. The van der Waals surface area contributed by atoms with Crippen LogP contribution in [0.5, 0.6) is 0 Å². The van der Waals surface area contributed by atoms with Crippen LogP contribution in [-0.2, 0) is 4.79 Å². The van der Waals surface area contributed by atoms with Gasteiger partial charge < -0.3 is 10.2 Å². The lowest BCUT2D eigenvalue weighted by Crippen LogP contribution is -2.42. The van der Waals surface area contributed by atoms with Crippen LogP contribution in [0.2, 0.25) is 0 Å². The molecule has 0 aromatic heterocycles. The highest BCUT2D eigenvalue weighted by Gasteiger charge is 2.36. The first-order valence-corrected chi connectivity index (χ1v) is 3.28. The summed E-state index contributed by atoms with van der Waals surface area (Å²) in [6.07, 6.45) is 3.07. The van der Waals surface area contributed by atoms with E-state index >= 15 is 0 Å². The van der Waals surface area contributed by atoms with E-state index < -0.39 is 0 Å². The number of piperazine rings is 1. The van der Waals surface area contributed by atoms with Crippen molar-refractivity contribution in [2.45, 2.75) is 18.5 Å². The quantitative estimate of drug-likeness (QED) is 0.492. The number of likely N-dealkylation sites (tertiary alicyclic amines) is 1. The molecule has 0 aromatic carbocycles. The van der Waals surface area contributed by atoms with E-state index in [0.717, 1.165) is 19.5 Å². The van der Waals surface area contributed by atoms with Crippen LogP contribution in [-0.4, -0.2) is 36.5 Å². The average Bonchev–Trinajstić information content (AvgIpc) is 2.45. The van der Waals surface area contributed by atoms with Crippen molar-refractivity contribution in [3.63, 3.8) is 0 Å². The Morgan fingerprint density at radius 2 is 2.56 bits per heavy atom. The van der Waals surface area contributed by atoms with Gasteiger partial charge in [0.1, 0.15) is 0 Å². The second-order valence-electron chi connectivity index (χ2n) is 2.74. The third-order valence-corrected chi connectivity index (χ3v) is 2.17. The summed E-state index contributed by atoms with van der Waals surface area (Å²) in [6.45, 7) is 1.84. The molecule has 1 amide bonds. The molecule has 1 radical (unpaired) electrons. The van der Waals surface area contributed by atoms with Gasteiger partial charge in [-0.05, 0) is 6.42 Å². The summed E-state index contributed by atoms with van der Waals surface area (Å²) in [4.78, 5) is 11.9. The molecule has 9 heavy (non-hydrogen) atoms. The van der Waals surface area contributed by atoms with Crippen LogP contribution in [0.1, 0.15) is 6.42 Å². The first kappa shape index (κ1) is 5.23. The number of rotatable bonds is 1. The molecule has 49 valence electrons. The fraction of sp³-hybridized carbons (Fsp3) is 0.833. The van der Waals surface area contributed by atoms with Crippen molar-refractivity contribution < 1.29 is 4.79 Å². The zero-order chi connectivity index (χ0) is 6.27. The molecule has 2 aliphatic rings. The van der Waals surface area contributed by atoms with E-state index in [1.807, 2.05) is 6.41 Å². The molecular formula is C6H9N2O. The molecule has 0 aliphatic carbocycles. The molecule has 0 saturated carbocycles. The number of hydrogen-bond donors (Lipinski definition) is 1. The molecule has 0 spiro atoms. The number of hydrogen-bond acceptors (Lipinski definition) is 2. The minimum Gasteiger partial charge on any atom is -0.329 e. The summed E-state index contributed by atoms with van der Waals surface area (Å²) < 4.78 is 0. The SMILES string of the molecule is O=[C]N1CC2CC1CN2. The largest absolute Gasteiger partial charge is 0.329 e. The number of nitrogens with one attached hydrogen (secondary N) is 1. The summed E-state index contributed by atoms with van der Waals surface area (Å²) >= 11 is 0. The zero-order valence-electron chi connectivity index (χ0n) is 5.13. The second-order valence-corrected chi connectivity index (χ2v) is 2.74. The summed E-state index contributed by atoms with van der Waals surface area (Å²) in [5.74, 6) is 0. The molecule has 3 nitrogen and oxygen atoms in total. The summed E-state index contributed by atoms with van der Waals surface area (Å²) in [7, 11) is 0. The maximum atomic E-state index is 10.2. The predicted molar refractivity (Wildman–Crippen MR) is 32.6 cm³/mol. The summed E-state index contributed by atoms with van der Waals surface area (Å²) in [6, 6.07) is 1.02. The van der Waals surface area contributed by atoms with Gasteiger partial charge in [-0.2, -0.15) is 0 Å². The van der Waals surface area contributed by atoms with E-state index in [-0.39, 0.29) is 0 Å². The van der Waals surface area contributed by atoms with Crippen LogP contribution in [0.3, 0.4) is 0 Å². The van der Waals surface area contributed by atoms with E-state index in [1.54, 1.807) is 4.90 Å². The molecule has 2 atom stereocenters. The normalized spacial score (nSPS) is 39.8. The first-order chi connectivity index (χ1) is 4.40. The predicted octanol–water partition coefficient (Wildman–Crippen LogP) is -0.900. The minimum atomic E-state index is 0.451. The average molecular weight is 125 g/mol. The monoisotopic (exact) mass is 125 g/mol. The van der Waals surface area contributed by atoms with Gasteiger partial charge in [-0.25, -0.2) is 0 Å². The molecule has 2 aliphatic heterocycles. The fourth-order valence-corrected chi connectivity index (χ4v) is 1.67. The van der Waals surface area contributed by atoms with Crippen LogP contribution in [0.4, 0.5) is 0 Å². The van der Waals surface area contributed by atoms with E-state index in [4.69, 9.17) is 0 Å².